The Bertz CT molecular complexity index is 1050. The molecule has 29 heavy (non-hydrogen) atoms. The van der Waals surface area contributed by atoms with Crippen LogP contribution in [0.15, 0.2) is 16.7 Å². The fraction of sp³-hybridized carbons (Fsp3) is 0.474. The summed E-state index contributed by atoms with van der Waals surface area (Å²) < 4.78 is 32.2. The zero-order valence-corrected chi connectivity index (χ0v) is 16.8. The van der Waals surface area contributed by atoms with Gasteiger partial charge in [0.15, 0.2) is 17.2 Å². The second-order valence-electron chi connectivity index (χ2n) is 8.01. The molecule has 0 saturated heterocycles. The highest BCUT2D eigenvalue weighted by atomic mass is 19.3. The number of aromatic nitrogens is 4. The summed E-state index contributed by atoms with van der Waals surface area (Å²) in [5.41, 5.74) is 1.24. The number of aliphatic hydroxyl groups excluding tert-OH is 1. The first-order valence-electron chi connectivity index (χ1n) is 9.04. The second kappa shape index (κ2) is 7.51. The lowest BCUT2D eigenvalue weighted by atomic mass is 9.88. The van der Waals surface area contributed by atoms with Crippen molar-refractivity contribution in [2.75, 3.05) is 5.32 Å². The highest BCUT2D eigenvalue weighted by molar-refractivity contribution is 5.94. The number of anilines is 1. The van der Waals surface area contributed by atoms with Crippen LogP contribution < -0.4 is 5.32 Å². The van der Waals surface area contributed by atoms with Gasteiger partial charge in [-0.25, -0.2) is 18.7 Å². The molecule has 3 rings (SSSR count). The van der Waals surface area contributed by atoms with E-state index in [0.29, 0.717) is 16.9 Å². The van der Waals surface area contributed by atoms with E-state index >= 15 is 0 Å². The smallest absolute Gasteiger partial charge is 0.283 e. The molecule has 8 nitrogen and oxygen atoms in total. The van der Waals surface area contributed by atoms with Gasteiger partial charge in [0, 0.05) is 11.8 Å². The molecule has 0 aliphatic rings. The first-order chi connectivity index (χ1) is 13.5. The van der Waals surface area contributed by atoms with E-state index in [1.54, 1.807) is 38.3 Å². The maximum atomic E-state index is 12.7. The summed E-state index contributed by atoms with van der Waals surface area (Å²) in [5, 5.41) is 16.1. The van der Waals surface area contributed by atoms with Gasteiger partial charge in [-0.1, -0.05) is 25.9 Å². The van der Waals surface area contributed by atoms with Crippen LogP contribution in [0.2, 0.25) is 0 Å². The number of hydrogen-bond acceptors (Lipinski definition) is 6. The third kappa shape index (κ3) is 4.26. The van der Waals surface area contributed by atoms with Crippen molar-refractivity contribution >= 4 is 22.9 Å². The zero-order valence-electron chi connectivity index (χ0n) is 16.8. The lowest BCUT2D eigenvalue weighted by Crippen LogP contribution is -2.38. The standard InChI is InChI=1S/C19H23F2N5O3/c1-9-6-13-17(26(9)8-11-7-12(15(20)21)25-29-11)22-10(2)16(23-13)24-18(28)14(27)19(3,4)5/h6-7,14-15,27H,8H2,1-5H3,(H,23,24,28)/t14-/m0/s1. The normalized spacial score (nSPS) is 13.3. The number of rotatable bonds is 5. The minimum absolute atomic E-state index is 0.164. The molecule has 0 saturated carbocycles. The number of carbonyl (C=O) groups excluding carboxylic acids is 1. The predicted octanol–water partition coefficient (Wildman–Crippen LogP) is 3.37. The first kappa shape index (κ1) is 20.8. The van der Waals surface area contributed by atoms with Gasteiger partial charge < -0.3 is 19.5 Å². The van der Waals surface area contributed by atoms with Gasteiger partial charge in [-0.15, -0.1) is 0 Å². The van der Waals surface area contributed by atoms with Gasteiger partial charge in [-0.2, -0.15) is 0 Å². The number of nitrogens with one attached hydrogen (secondary N) is 1. The summed E-state index contributed by atoms with van der Waals surface area (Å²) in [6.45, 7) is 8.94. The van der Waals surface area contributed by atoms with Crippen LogP contribution in [0.3, 0.4) is 0 Å². The summed E-state index contributed by atoms with van der Waals surface area (Å²) in [4.78, 5) is 21.2. The van der Waals surface area contributed by atoms with E-state index in [9.17, 15) is 18.7 Å². The lowest BCUT2D eigenvalue weighted by Gasteiger charge is -2.24. The molecular formula is C19H23F2N5O3. The summed E-state index contributed by atoms with van der Waals surface area (Å²) >= 11 is 0. The predicted molar refractivity (Wildman–Crippen MR) is 102 cm³/mol. The van der Waals surface area contributed by atoms with Gasteiger partial charge >= 0.3 is 0 Å². The SMILES string of the molecule is Cc1nc2c(cc(C)n2Cc2cc(C(F)F)no2)nc1NC(=O)[C@H](O)C(C)(C)C. The van der Waals surface area contributed by atoms with Crippen LogP contribution >= 0.6 is 0 Å². The van der Waals surface area contributed by atoms with E-state index in [-0.39, 0.29) is 18.1 Å². The van der Waals surface area contributed by atoms with E-state index in [1.165, 1.54) is 6.07 Å². The fourth-order valence-electron chi connectivity index (χ4n) is 2.82. The van der Waals surface area contributed by atoms with Gasteiger partial charge in [-0.05, 0) is 25.3 Å². The molecular weight excluding hydrogens is 384 g/mol. The molecule has 0 aliphatic heterocycles. The topological polar surface area (TPSA) is 106 Å². The number of amides is 1. The number of fused-ring (bicyclic) bond motifs is 1. The Morgan fingerprint density at radius 1 is 1.28 bits per heavy atom. The van der Waals surface area contributed by atoms with E-state index in [2.05, 4.69) is 20.4 Å². The van der Waals surface area contributed by atoms with Crippen molar-refractivity contribution < 1.29 is 23.2 Å². The van der Waals surface area contributed by atoms with Crippen molar-refractivity contribution in [1.82, 2.24) is 19.7 Å². The van der Waals surface area contributed by atoms with Crippen molar-refractivity contribution in [3.63, 3.8) is 0 Å². The summed E-state index contributed by atoms with van der Waals surface area (Å²) in [7, 11) is 0. The molecule has 10 heteroatoms. The number of alkyl halides is 2. The van der Waals surface area contributed by atoms with E-state index in [4.69, 9.17) is 4.52 Å². The van der Waals surface area contributed by atoms with Crippen molar-refractivity contribution in [3.8, 4) is 0 Å². The van der Waals surface area contributed by atoms with Crippen LogP contribution in [0.25, 0.3) is 11.2 Å². The lowest BCUT2D eigenvalue weighted by molar-refractivity contribution is -0.129. The van der Waals surface area contributed by atoms with Crippen LogP contribution in [0.5, 0.6) is 0 Å². The van der Waals surface area contributed by atoms with Gasteiger partial charge in [0.25, 0.3) is 12.3 Å². The minimum atomic E-state index is -2.70. The number of aryl methyl sites for hydroxylation is 2. The zero-order chi connectivity index (χ0) is 21.5. The number of aliphatic hydroxyl groups is 1. The molecule has 3 aromatic heterocycles. The summed E-state index contributed by atoms with van der Waals surface area (Å²) in [5.74, 6) is -0.0415. The van der Waals surface area contributed by atoms with Crippen LogP contribution in [0.4, 0.5) is 14.6 Å². The quantitative estimate of drug-likeness (QED) is 0.672. The van der Waals surface area contributed by atoms with Crippen LogP contribution in [-0.4, -0.2) is 36.8 Å². The molecule has 0 aromatic carbocycles. The van der Waals surface area contributed by atoms with Crippen molar-refractivity contribution in [3.05, 3.63) is 35.0 Å². The Hall–Kier alpha value is -2.88. The van der Waals surface area contributed by atoms with Gasteiger partial charge in [0.1, 0.15) is 17.3 Å². The van der Waals surface area contributed by atoms with Gasteiger partial charge in [-0.3, -0.25) is 4.79 Å². The Kier molecular flexibility index (Phi) is 5.40. The first-order valence-corrected chi connectivity index (χ1v) is 9.04. The molecule has 3 heterocycles. The van der Waals surface area contributed by atoms with E-state index in [1.807, 2.05) is 6.92 Å². The molecule has 0 aliphatic carbocycles. The molecule has 2 N–H and O–H groups in total. The van der Waals surface area contributed by atoms with Crippen molar-refractivity contribution in [1.29, 1.82) is 0 Å². The molecule has 0 radical (unpaired) electrons. The average Bonchev–Trinajstić information content (AvgIpc) is 3.20. The maximum absolute atomic E-state index is 12.7. The van der Waals surface area contributed by atoms with Crippen LogP contribution in [-0.2, 0) is 11.3 Å². The molecule has 0 fully saturated rings. The molecule has 3 aromatic rings. The molecule has 1 atom stereocenters. The fourth-order valence-corrected chi connectivity index (χ4v) is 2.82. The largest absolute Gasteiger partial charge is 0.383 e. The monoisotopic (exact) mass is 407 g/mol. The number of nitrogens with zero attached hydrogens (tertiary/aromatic N) is 4. The highest BCUT2D eigenvalue weighted by Gasteiger charge is 2.29. The number of halogens is 2. The summed E-state index contributed by atoms with van der Waals surface area (Å²) in [6.07, 6.45) is -3.91. The number of carbonyl (C=O) groups is 1. The van der Waals surface area contributed by atoms with Gasteiger partial charge in [0.05, 0.1) is 12.2 Å². The van der Waals surface area contributed by atoms with Crippen LogP contribution in [0.1, 0.15) is 50.0 Å². The second-order valence-corrected chi connectivity index (χ2v) is 8.01. The maximum Gasteiger partial charge on any atom is 0.283 e. The Morgan fingerprint density at radius 2 is 1.97 bits per heavy atom. The van der Waals surface area contributed by atoms with Crippen molar-refractivity contribution in [2.24, 2.45) is 5.41 Å². The van der Waals surface area contributed by atoms with E-state index < -0.39 is 29.5 Å². The van der Waals surface area contributed by atoms with Crippen molar-refractivity contribution in [2.45, 2.75) is 53.7 Å². The molecule has 0 bridgehead atoms. The Morgan fingerprint density at radius 3 is 2.55 bits per heavy atom. The highest BCUT2D eigenvalue weighted by Crippen LogP contribution is 2.25. The molecule has 156 valence electrons. The number of hydrogen-bond donors (Lipinski definition) is 2. The minimum Gasteiger partial charge on any atom is -0.383 e. The van der Waals surface area contributed by atoms with E-state index in [0.717, 1.165) is 5.69 Å². The van der Waals surface area contributed by atoms with Gasteiger partial charge in [0.2, 0.25) is 0 Å². The Labute approximate surface area is 165 Å². The molecule has 0 unspecified atom stereocenters. The third-order valence-electron chi connectivity index (χ3n) is 4.53. The Balaban J connectivity index is 1.90. The molecule has 1 amide bonds. The summed E-state index contributed by atoms with van der Waals surface area (Å²) in [6, 6.07) is 2.97. The molecule has 0 spiro atoms. The third-order valence-corrected chi connectivity index (χ3v) is 4.53. The average molecular weight is 407 g/mol. The van der Waals surface area contributed by atoms with Crippen LogP contribution in [0, 0.1) is 19.3 Å².